The van der Waals surface area contributed by atoms with Crippen LogP contribution in [0.3, 0.4) is 0 Å². The first kappa shape index (κ1) is 19.1. The van der Waals surface area contributed by atoms with E-state index in [-0.39, 0.29) is 4.90 Å². The summed E-state index contributed by atoms with van der Waals surface area (Å²) in [5.74, 6) is 0. The number of hydrogen-bond donors (Lipinski definition) is 1. The fourth-order valence-corrected chi connectivity index (χ4v) is 5.80. The van der Waals surface area contributed by atoms with Crippen molar-refractivity contribution in [1.29, 1.82) is 0 Å². The fraction of sp³-hybridized carbons (Fsp3) is 0.222. The van der Waals surface area contributed by atoms with E-state index in [0.29, 0.717) is 11.3 Å². The Hall–Kier alpha value is -2.27. The van der Waals surface area contributed by atoms with Crippen LogP contribution < -0.4 is 9.60 Å². The van der Waals surface area contributed by atoms with E-state index in [4.69, 9.17) is 0 Å². The summed E-state index contributed by atoms with van der Waals surface area (Å²) in [5, 5.41) is 8.95. The lowest BCUT2D eigenvalue weighted by molar-refractivity contribution is 0.483. The largest absolute Gasteiger partial charge is 0.315 e. The van der Waals surface area contributed by atoms with Crippen molar-refractivity contribution in [3.05, 3.63) is 52.1 Å². The first-order valence-electron chi connectivity index (χ1n) is 8.69. The van der Waals surface area contributed by atoms with Crippen molar-refractivity contribution in [1.82, 2.24) is 9.13 Å². The van der Waals surface area contributed by atoms with E-state index in [9.17, 15) is 13.0 Å². The summed E-state index contributed by atoms with van der Waals surface area (Å²) in [7, 11) is -4.24. The van der Waals surface area contributed by atoms with Crippen LogP contribution in [0.2, 0.25) is 0 Å². The highest BCUT2D eigenvalue weighted by Crippen LogP contribution is 2.22. The van der Waals surface area contributed by atoms with Crippen molar-refractivity contribution in [2.24, 2.45) is 10.2 Å². The van der Waals surface area contributed by atoms with Crippen LogP contribution in [-0.2, 0) is 23.2 Å². The van der Waals surface area contributed by atoms with Gasteiger partial charge in [-0.1, -0.05) is 34.8 Å². The third-order valence-electron chi connectivity index (χ3n) is 4.39. The molecule has 0 saturated carbocycles. The highest BCUT2D eigenvalue weighted by molar-refractivity contribution is 7.85. The number of aryl methyl sites for hydroxylation is 2. The molecule has 10 heteroatoms. The molecule has 1 N–H and O–H groups in total. The molecule has 28 heavy (non-hydrogen) atoms. The van der Waals surface area contributed by atoms with Gasteiger partial charge in [0.2, 0.25) is 9.60 Å². The summed E-state index contributed by atoms with van der Waals surface area (Å²) >= 11 is 2.92. The van der Waals surface area contributed by atoms with Gasteiger partial charge in [-0.05, 0) is 44.2 Å². The molecule has 146 valence electrons. The second-order valence-corrected chi connectivity index (χ2v) is 9.47. The summed E-state index contributed by atoms with van der Waals surface area (Å²) in [6.45, 7) is 5.52. The SMILES string of the molecule is CCn1/c(=N/N=c2/sc3cc(S(=O)(=O)O)ccc3n2CC)sc2ccccc21. The van der Waals surface area contributed by atoms with E-state index in [2.05, 4.69) is 33.8 Å². The maximum Gasteiger partial charge on any atom is 0.294 e. The topological polar surface area (TPSA) is 88.9 Å². The Morgan fingerprint density at radius 1 is 0.893 bits per heavy atom. The third-order valence-corrected chi connectivity index (χ3v) is 7.32. The number of fused-ring (bicyclic) bond motifs is 2. The maximum atomic E-state index is 11.4. The van der Waals surface area contributed by atoms with Crippen LogP contribution in [0, 0.1) is 0 Å². The first-order chi connectivity index (χ1) is 13.4. The summed E-state index contributed by atoms with van der Waals surface area (Å²) in [5.41, 5.74) is 1.98. The number of benzene rings is 2. The fourth-order valence-electron chi connectivity index (χ4n) is 3.08. The monoisotopic (exact) mass is 434 g/mol. The van der Waals surface area contributed by atoms with Gasteiger partial charge in [0.05, 0.1) is 25.3 Å². The molecular weight excluding hydrogens is 416 g/mol. The quantitative estimate of drug-likeness (QED) is 0.394. The molecule has 0 amide bonds. The van der Waals surface area contributed by atoms with Crippen molar-refractivity contribution in [2.45, 2.75) is 31.8 Å². The lowest BCUT2D eigenvalue weighted by Gasteiger charge is -2.01. The number of rotatable bonds is 4. The van der Waals surface area contributed by atoms with E-state index in [0.717, 1.165) is 31.8 Å². The van der Waals surface area contributed by atoms with Gasteiger partial charge in [-0.2, -0.15) is 8.42 Å². The van der Waals surface area contributed by atoms with Crippen molar-refractivity contribution in [3.8, 4) is 0 Å². The van der Waals surface area contributed by atoms with Gasteiger partial charge < -0.3 is 9.13 Å². The van der Waals surface area contributed by atoms with Crippen LogP contribution in [0.15, 0.2) is 57.6 Å². The summed E-state index contributed by atoms with van der Waals surface area (Å²) in [6.07, 6.45) is 0. The van der Waals surface area contributed by atoms with Gasteiger partial charge in [0, 0.05) is 13.1 Å². The number of para-hydroxylation sites is 1. The zero-order chi connectivity index (χ0) is 19.9. The molecule has 0 aliphatic carbocycles. The Bertz CT molecular complexity index is 1420. The molecule has 0 unspecified atom stereocenters. The van der Waals surface area contributed by atoms with Crippen LogP contribution in [0.1, 0.15) is 13.8 Å². The lowest BCUT2D eigenvalue weighted by atomic mass is 10.3. The van der Waals surface area contributed by atoms with E-state index in [1.165, 1.54) is 23.5 Å². The molecule has 4 rings (SSSR count). The summed E-state index contributed by atoms with van der Waals surface area (Å²) < 4.78 is 38.1. The van der Waals surface area contributed by atoms with Crippen molar-refractivity contribution in [2.75, 3.05) is 0 Å². The van der Waals surface area contributed by atoms with Gasteiger partial charge in [0.25, 0.3) is 10.1 Å². The molecule has 2 aromatic carbocycles. The smallest absolute Gasteiger partial charge is 0.294 e. The minimum absolute atomic E-state index is 0.124. The van der Waals surface area contributed by atoms with Gasteiger partial charge >= 0.3 is 0 Å². The molecule has 0 bridgehead atoms. The Balaban J connectivity index is 1.94. The minimum atomic E-state index is -4.24. The average Bonchev–Trinajstić information content (AvgIpc) is 3.21. The number of nitrogens with zero attached hydrogens (tertiary/aromatic N) is 4. The highest BCUT2D eigenvalue weighted by atomic mass is 32.2. The van der Waals surface area contributed by atoms with Gasteiger partial charge in [-0.15, -0.1) is 10.2 Å². The van der Waals surface area contributed by atoms with Crippen LogP contribution in [-0.4, -0.2) is 22.1 Å². The van der Waals surface area contributed by atoms with Gasteiger partial charge in [0.1, 0.15) is 0 Å². The van der Waals surface area contributed by atoms with Crippen LogP contribution in [0.4, 0.5) is 0 Å². The molecule has 2 aromatic heterocycles. The number of hydrogen-bond acceptors (Lipinski definition) is 6. The molecule has 4 aromatic rings. The zero-order valence-electron chi connectivity index (χ0n) is 15.2. The lowest BCUT2D eigenvalue weighted by Crippen LogP contribution is -2.16. The van der Waals surface area contributed by atoms with E-state index in [1.807, 2.05) is 23.6 Å². The van der Waals surface area contributed by atoms with Gasteiger partial charge in [-0.25, -0.2) is 0 Å². The predicted octanol–water partition coefficient (Wildman–Crippen LogP) is 3.42. The number of thiazole rings is 2. The first-order valence-corrected chi connectivity index (χ1v) is 11.8. The van der Waals surface area contributed by atoms with E-state index < -0.39 is 10.1 Å². The van der Waals surface area contributed by atoms with Crippen molar-refractivity contribution >= 4 is 53.2 Å². The normalized spacial score (nSPS) is 13.8. The number of aromatic nitrogens is 2. The van der Waals surface area contributed by atoms with Crippen LogP contribution in [0.5, 0.6) is 0 Å². The molecule has 0 atom stereocenters. The predicted molar refractivity (Wildman–Crippen MR) is 112 cm³/mol. The maximum absolute atomic E-state index is 11.4. The van der Waals surface area contributed by atoms with E-state index in [1.54, 1.807) is 17.4 Å². The minimum Gasteiger partial charge on any atom is -0.315 e. The summed E-state index contributed by atoms with van der Waals surface area (Å²) in [6, 6.07) is 12.7. The molecule has 0 aliphatic rings. The van der Waals surface area contributed by atoms with Gasteiger partial charge in [-0.3, -0.25) is 4.55 Å². The Morgan fingerprint density at radius 2 is 1.46 bits per heavy atom. The molecular formula is C18H18N4O3S3. The van der Waals surface area contributed by atoms with Crippen LogP contribution >= 0.6 is 22.7 Å². The molecule has 0 aliphatic heterocycles. The molecule has 0 radical (unpaired) electrons. The molecule has 0 fully saturated rings. The molecule has 0 spiro atoms. The molecule has 7 nitrogen and oxygen atoms in total. The third kappa shape index (κ3) is 3.32. The second-order valence-electron chi connectivity index (χ2n) is 6.03. The second kappa shape index (κ2) is 7.28. The van der Waals surface area contributed by atoms with Gasteiger partial charge in [0.15, 0.2) is 0 Å². The summed E-state index contributed by atoms with van der Waals surface area (Å²) in [4.78, 5) is 1.36. The Morgan fingerprint density at radius 3 is 2.07 bits per heavy atom. The Labute approximate surface area is 169 Å². The average molecular weight is 435 g/mol. The molecule has 0 saturated heterocycles. The van der Waals surface area contributed by atoms with E-state index >= 15 is 0 Å². The Kier molecular flexibility index (Phi) is 4.96. The van der Waals surface area contributed by atoms with Crippen molar-refractivity contribution < 1.29 is 13.0 Å². The van der Waals surface area contributed by atoms with Crippen molar-refractivity contribution in [3.63, 3.8) is 0 Å². The zero-order valence-corrected chi connectivity index (χ0v) is 17.7. The standard InChI is InChI=1S/C18H18N4O3S3/c1-3-21-13-7-5-6-8-15(13)26-17(21)19-20-18-22(4-2)14-10-9-12(28(23,24)25)11-16(14)27-18/h5-11H,3-4H2,1-2H3,(H,23,24,25)/b19-17-,20-18+. The van der Waals surface area contributed by atoms with Crippen LogP contribution in [0.25, 0.3) is 20.4 Å². The highest BCUT2D eigenvalue weighted by Gasteiger charge is 2.13. The molecule has 2 heterocycles.